The number of nitrogens with one attached hydrogen (secondary N) is 1. The SMILES string of the molecule is CCNC(=NCC1(N2CCCCC2)CCN(C)CC1)N1CCN(c2ccccn2)CC1. The van der Waals surface area contributed by atoms with Crippen molar-refractivity contribution in [3.8, 4) is 0 Å². The lowest BCUT2D eigenvalue weighted by atomic mass is 9.84. The van der Waals surface area contributed by atoms with Gasteiger partial charge in [-0.3, -0.25) is 9.89 Å². The molecule has 0 radical (unpaired) electrons. The highest BCUT2D eigenvalue weighted by molar-refractivity contribution is 5.80. The molecule has 0 unspecified atom stereocenters. The summed E-state index contributed by atoms with van der Waals surface area (Å²) in [7, 11) is 2.26. The molecule has 4 heterocycles. The molecule has 0 amide bonds. The van der Waals surface area contributed by atoms with Crippen molar-refractivity contribution in [2.24, 2.45) is 4.99 Å². The molecule has 0 aliphatic carbocycles. The highest BCUT2D eigenvalue weighted by atomic mass is 15.4. The topological polar surface area (TPSA) is 50.2 Å². The van der Waals surface area contributed by atoms with Crippen molar-refractivity contribution >= 4 is 11.8 Å². The van der Waals surface area contributed by atoms with Gasteiger partial charge in [-0.25, -0.2) is 4.98 Å². The lowest BCUT2D eigenvalue weighted by molar-refractivity contribution is 0.0206. The van der Waals surface area contributed by atoms with Gasteiger partial charge < -0.3 is 20.0 Å². The number of piperazine rings is 1. The summed E-state index contributed by atoms with van der Waals surface area (Å²) in [6.45, 7) is 12.8. The Morgan fingerprint density at radius 3 is 2.39 bits per heavy atom. The Hall–Kier alpha value is -1.86. The van der Waals surface area contributed by atoms with E-state index in [0.717, 1.165) is 51.0 Å². The Labute approximate surface area is 188 Å². The summed E-state index contributed by atoms with van der Waals surface area (Å²) in [6.07, 6.45) is 8.43. The lowest BCUT2D eigenvalue weighted by Crippen LogP contribution is -2.59. The zero-order chi connectivity index (χ0) is 21.5. The van der Waals surface area contributed by atoms with Gasteiger partial charge in [0.2, 0.25) is 0 Å². The van der Waals surface area contributed by atoms with Crippen LogP contribution in [-0.2, 0) is 0 Å². The monoisotopic (exact) mass is 427 g/mol. The maximum absolute atomic E-state index is 5.27. The first-order chi connectivity index (χ1) is 15.2. The van der Waals surface area contributed by atoms with Crippen LogP contribution in [0, 0.1) is 0 Å². The summed E-state index contributed by atoms with van der Waals surface area (Å²) >= 11 is 0. The normalized spacial score (nSPS) is 23.7. The molecule has 0 aromatic carbocycles. The van der Waals surface area contributed by atoms with E-state index in [-0.39, 0.29) is 5.54 Å². The zero-order valence-electron chi connectivity index (χ0n) is 19.6. The Bertz CT molecular complexity index is 685. The number of pyridine rings is 1. The first kappa shape index (κ1) is 22.3. The predicted molar refractivity (Wildman–Crippen MR) is 129 cm³/mol. The number of anilines is 1. The van der Waals surface area contributed by atoms with Gasteiger partial charge in [-0.05, 0) is 78.0 Å². The highest BCUT2D eigenvalue weighted by Gasteiger charge is 2.39. The molecule has 3 fully saturated rings. The minimum atomic E-state index is 0.239. The molecular weight excluding hydrogens is 386 g/mol. The van der Waals surface area contributed by atoms with Gasteiger partial charge in [0.1, 0.15) is 5.82 Å². The second-order valence-electron chi connectivity index (χ2n) is 9.41. The molecule has 31 heavy (non-hydrogen) atoms. The van der Waals surface area contributed by atoms with Crippen LogP contribution in [0.25, 0.3) is 0 Å². The van der Waals surface area contributed by atoms with E-state index >= 15 is 0 Å². The van der Waals surface area contributed by atoms with E-state index in [1.54, 1.807) is 0 Å². The number of hydrogen-bond donors (Lipinski definition) is 1. The van der Waals surface area contributed by atoms with E-state index in [4.69, 9.17) is 4.99 Å². The zero-order valence-corrected chi connectivity index (χ0v) is 19.6. The first-order valence-electron chi connectivity index (χ1n) is 12.3. The molecule has 7 heteroatoms. The Morgan fingerprint density at radius 1 is 1.00 bits per heavy atom. The van der Waals surface area contributed by atoms with Gasteiger partial charge in [0.15, 0.2) is 5.96 Å². The Balaban J connectivity index is 1.43. The van der Waals surface area contributed by atoms with Crippen molar-refractivity contribution in [3.05, 3.63) is 24.4 Å². The second kappa shape index (κ2) is 10.6. The number of rotatable bonds is 5. The summed E-state index contributed by atoms with van der Waals surface area (Å²) < 4.78 is 0. The molecule has 0 bridgehead atoms. The third kappa shape index (κ3) is 5.50. The van der Waals surface area contributed by atoms with Gasteiger partial charge in [-0.1, -0.05) is 12.5 Å². The minimum Gasteiger partial charge on any atom is -0.357 e. The van der Waals surface area contributed by atoms with Gasteiger partial charge >= 0.3 is 0 Å². The number of likely N-dealkylation sites (tertiary alicyclic amines) is 2. The van der Waals surface area contributed by atoms with Gasteiger partial charge in [-0.15, -0.1) is 0 Å². The molecule has 0 saturated carbocycles. The van der Waals surface area contributed by atoms with Gasteiger partial charge in [0.25, 0.3) is 0 Å². The van der Waals surface area contributed by atoms with Crippen LogP contribution in [-0.4, -0.2) is 104 Å². The first-order valence-corrected chi connectivity index (χ1v) is 12.3. The van der Waals surface area contributed by atoms with Crippen LogP contribution in [0.1, 0.15) is 39.0 Å². The van der Waals surface area contributed by atoms with E-state index in [1.807, 2.05) is 12.3 Å². The number of nitrogens with zero attached hydrogens (tertiary/aromatic N) is 6. The molecule has 172 valence electrons. The summed E-state index contributed by atoms with van der Waals surface area (Å²) in [5.74, 6) is 2.18. The van der Waals surface area contributed by atoms with Crippen LogP contribution >= 0.6 is 0 Å². The number of aromatic nitrogens is 1. The summed E-state index contributed by atoms with van der Waals surface area (Å²) in [6, 6.07) is 6.16. The van der Waals surface area contributed by atoms with Gasteiger partial charge in [0, 0.05) is 44.5 Å². The molecule has 1 aromatic heterocycles. The van der Waals surface area contributed by atoms with Crippen LogP contribution < -0.4 is 10.2 Å². The summed E-state index contributed by atoms with van der Waals surface area (Å²) in [4.78, 5) is 19.9. The fraction of sp³-hybridized carbons (Fsp3) is 0.750. The van der Waals surface area contributed by atoms with Crippen LogP contribution in [0.3, 0.4) is 0 Å². The number of aliphatic imine (C=N–C) groups is 1. The third-order valence-electron chi connectivity index (χ3n) is 7.36. The molecular formula is C24H41N7. The second-order valence-corrected chi connectivity index (χ2v) is 9.41. The third-order valence-corrected chi connectivity index (χ3v) is 7.36. The molecule has 3 aliphatic heterocycles. The van der Waals surface area contributed by atoms with Gasteiger partial charge in [-0.2, -0.15) is 0 Å². The van der Waals surface area contributed by atoms with Crippen molar-refractivity contribution in [2.45, 2.75) is 44.6 Å². The molecule has 7 nitrogen and oxygen atoms in total. The Morgan fingerprint density at radius 2 is 1.74 bits per heavy atom. The molecule has 0 atom stereocenters. The van der Waals surface area contributed by atoms with E-state index in [1.165, 1.54) is 58.3 Å². The van der Waals surface area contributed by atoms with E-state index in [9.17, 15) is 0 Å². The maximum atomic E-state index is 5.27. The van der Waals surface area contributed by atoms with Gasteiger partial charge in [0.05, 0.1) is 6.54 Å². The molecule has 0 spiro atoms. The fourth-order valence-corrected chi connectivity index (χ4v) is 5.31. The molecule has 3 aliphatic rings. The van der Waals surface area contributed by atoms with E-state index in [0.29, 0.717) is 0 Å². The van der Waals surface area contributed by atoms with Crippen molar-refractivity contribution in [1.29, 1.82) is 0 Å². The van der Waals surface area contributed by atoms with Crippen LogP contribution in [0.4, 0.5) is 5.82 Å². The number of piperidine rings is 2. The standard InChI is InChI=1S/C24H41N7/c1-3-25-23(30-19-17-29(18-20-30)22-9-5-6-12-26-22)27-21-24(10-15-28(2)16-11-24)31-13-7-4-8-14-31/h5-6,9,12H,3-4,7-8,10-11,13-21H2,1-2H3,(H,25,27). The van der Waals surface area contributed by atoms with Crippen molar-refractivity contribution in [3.63, 3.8) is 0 Å². The molecule has 1 N–H and O–H groups in total. The number of guanidine groups is 1. The quantitative estimate of drug-likeness (QED) is 0.574. The minimum absolute atomic E-state index is 0.239. The Kier molecular flexibility index (Phi) is 7.67. The summed E-state index contributed by atoms with van der Waals surface area (Å²) in [5, 5.41) is 3.59. The molecule has 1 aromatic rings. The van der Waals surface area contributed by atoms with E-state index in [2.05, 4.69) is 56.0 Å². The van der Waals surface area contributed by atoms with Crippen LogP contribution in [0.15, 0.2) is 29.4 Å². The average molecular weight is 428 g/mol. The fourth-order valence-electron chi connectivity index (χ4n) is 5.31. The van der Waals surface area contributed by atoms with Crippen LogP contribution in [0.5, 0.6) is 0 Å². The molecule has 4 rings (SSSR count). The molecule has 3 saturated heterocycles. The van der Waals surface area contributed by atoms with Crippen molar-refractivity contribution < 1.29 is 0 Å². The van der Waals surface area contributed by atoms with Crippen LogP contribution in [0.2, 0.25) is 0 Å². The largest absolute Gasteiger partial charge is 0.357 e. The maximum Gasteiger partial charge on any atom is 0.194 e. The van der Waals surface area contributed by atoms with Crippen molar-refractivity contribution in [2.75, 3.05) is 77.4 Å². The summed E-state index contributed by atoms with van der Waals surface area (Å²) in [5.41, 5.74) is 0.239. The lowest BCUT2D eigenvalue weighted by Gasteiger charge is -2.49. The van der Waals surface area contributed by atoms with E-state index < -0.39 is 0 Å². The predicted octanol–water partition coefficient (Wildman–Crippen LogP) is 2.12. The smallest absolute Gasteiger partial charge is 0.194 e. The number of hydrogen-bond acceptors (Lipinski definition) is 5. The van der Waals surface area contributed by atoms with Crippen molar-refractivity contribution in [1.82, 2.24) is 25.0 Å². The average Bonchev–Trinajstić information content (AvgIpc) is 2.84. The highest BCUT2D eigenvalue weighted by Crippen LogP contribution is 2.32.